The quantitative estimate of drug-likeness (QED) is 0.563. The zero-order chi connectivity index (χ0) is 21.8. The highest BCUT2D eigenvalue weighted by Crippen LogP contribution is 2.32. The van der Waals surface area contributed by atoms with Crippen molar-refractivity contribution in [1.82, 2.24) is 14.3 Å². The Balaban J connectivity index is 1.42. The van der Waals surface area contributed by atoms with Crippen LogP contribution < -0.4 is 5.32 Å². The molecule has 31 heavy (non-hydrogen) atoms. The third-order valence-corrected chi connectivity index (χ3v) is 7.39. The number of amides is 1. The summed E-state index contributed by atoms with van der Waals surface area (Å²) in [6.45, 7) is 6.45. The molecule has 0 radical (unpaired) electrons. The number of rotatable bonds is 6. The van der Waals surface area contributed by atoms with Crippen LogP contribution in [0.2, 0.25) is 0 Å². The first-order chi connectivity index (χ1) is 15.0. The number of nitrogens with one attached hydrogen (secondary N) is 1. The van der Waals surface area contributed by atoms with Crippen LogP contribution in [-0.2, 0) is 6.42 Å². The Labute approximate surface area is 190 Å². The third-order valence-electron chi connectivity index (χ3n) is 5.62. The van der Waals surface area contributed by atoms with Crippen LogP contribution in [0, 0.1) is 18.3 Å². The summed E-state index contributed by atoms with van der Waals surface area (Å²) in [6.07, 6.45) is 4.64. The Bertz CT molecular complexity index is 1110. The van der Waals surface area contributed by atoms with Gasteiger partial charge < -0.3 is 4.90 Å². The van der Waals surface area contributed by atoms with Crippen LogP contribution in [0.25, 0.3) is 10.4 Å². The minimum absolute atomic E-state index is 0.178. The van der Waals surface area contributed by atoms with Gasteiger partial charge in [-0.15, -0.1) is 11.3 Å². The molecule has 1 aliphatic rings. The summed E-state index contributed by atoms with van der Waals surface area (Å²) in [5, 5.41) is 12.6. The highest BCUT2D eigenvalue weighted by molar-refractivity contribution is 7.15. The van der Waals surface area contributed by atoms with E-state index in [1.54, 1.807) is 17.4 Å². The van der Waals surface area contributed by atoms with E-state index in [0.717, 1.165) is 40.7 Å². The Morgan fingerprint density at radius 2 is 2.10 bits per heavy atom. The van der Waals surface area contributed by atoms with E-state index in [9.17, 15) is 4.79 Å². The molecule has 160 valence electrons. The number of anilines is 1. The van der Waals surface area contributed by atoms with Gasteiger partial charge in [0.05, 0.1) is 17.2 Å². The van der Waals surface area contributed by atoms with Crippen molar-refractivity contribution in [2.75, 3.05) is 18.4 Å². The van der Waals surface area contributed by atoms with Gasteiger partial charge in [0.2, 0.25) is 5.13 Å². The van der Waals surface area contributed by atoms with E-state index < -0.39 is 0 Å². The molecule has 1 saturated heterocycles. The number of nitriles is 1. The van der Waals surface area contributed by atoms with Crippen LogP contribution in [0.1, 0.15) is 52.8 Å². The molecule has 1 N–H and O–H groups in total. The second-order valence-corrected chi connectivity index (χ2v) is 9.90. The van der Waals surface area contributed by atoms with Crippen molar-refractivity contribution >= 4 is 33.9 Å². The van der Waals surface area contributed by atoms with Crippen LogP contribution in [0.15, 0.2) is 30.3 Å². The number of aromatic nitrogens is 2. The van der Waals surface area contributed by atoms with Gasteiger partial charge >= 0.3 is 0 Å². The summed E-state index contributed by atoms with van der Waals surface area (Å²) in [4.78, 5) is 21.8. The van der Waals surface area contributed by atoms with Crippen molar-refractivity contribution in [3.8, 4) is 16.5 Å². The average molecular weight is 452 g/mol. The summed E-state index contributed by atoms with van der Waals surface area (Å²) in [5.41, 5.74) is 2.17. The number of nitrogens with zero attached hydrogens (tertiary/aromatic N) is 4. The Kier molecular flexibility index (Phi) is 6.76. The largest absolute Gasteiger partial charge is 0.300 e. The molecular formula is C23H25N5OS2. The molecule has 1 aliphatic heterocycles. The van der Waals surface area contributed by atoms with E-state index in [1.165, 1.54) is 30.8 Å². The number of piperidine rings is 1. The fourth-order valence-corrected chi connectivity index (χ4v) is 5.50. The lowest BCUT2D eigenvalue weighted by Gasteiger charge is -2.31. The number of benzene rings is 1. The SMILES string of the molecule is Cc1sc(-c2cccc(C#N)c2)cc1C(=O)Nc1nc(CC(C)N2CCCCC2)ns1. The van der Waals surface area contributed by atoms with Gasteiger partial charge in [0.25, 0.3) is 5.91 Å². The molecule has 4 rings (SSSR count). The molecule has 0 spiro atoms. The lowest BCUT2D eigenvalue weighted by molar-refractivity contribution is 0.102. The van der Waals surface area contributed by atoms with Crippen molar-refractivity contribution in [2.45, 2.75) is 45.6 Å². The maximum Gasteiger partial charge on any atom is 0.258 e. The van der Waals surface area contributed by atoms with Crippen molar-refractivity contribution < 1.29 is 4.79 Å². The molecule has 0 aliphatic carbocycles. The normalized spacial score (nSPS) is 15.4. The van der Waals surface area contributed by atoms with Gasteiger partial charge in [-0.05, 0) is 63.5 Å². The second-order valence-electron chi connectivity index (χ2n) is 7.89. The molecule has 1 atom stereocenters. The number of aryl methyl sites for hydroxylation is 1. The Morgan fingerprint density at radius 1 is 1.29 bits per heavy atom. The Morgan fingerprint density at radius 3 is 2.87 bits per heavy atom. The van der Waals surface area contributed by atoms with Crippen LogP contribution in [0.5, 0.6) is 0 Å². The first-order valence-electron chi connectivity index (χ1n) is 10.5. The van der Waals surface area contributed by atoms with Gasteiger partial charge in [-0.3, -0.25) is 10.1 Å². The minimum Gasteiger partial charge on any atom is -0.300 e. The summed E-state index contributed by atoms with van der Waals surface area (Å²) in [7, 11) is 0. The molecule has 1 amide bonds. The predicted molar refractivity (Wildman–Crippen MR) is 126 cm³/mol. The molecule has 2 aromatic heterocycles. The molecule has 6 nitrogen and oxygen atoms in total. The summed E-state index contributed by atoms with van der Waals surface area (Å²) < 4.78 is 4.45. The zero-order valence-electron chi connectivity index (χ0n) is 17.7. The van der Waals surface area contributed by atoms with Crippen LogP contribution in [0.4, 0.5) is 5.13 Å². The molecule has 0 bridgehead atoms. The topological polar surface area (TPSA) is 81.9 Å². The molecule has 1 fully saturated rings. The molecular weight excluding hydrogens is 426 g/mol. The van der Waals surface area contributed by atoms with Crippen LogP contribution in [-0.4, -0.2) is 39.3 Å². The summed E-state index contributed by atoms with van der Waals surface area (Å²) in [5.74, 6) is 0.609. The van der Waals surface area contributed by atoms with E-state index in [-0.39, 0.29) is 5.91 Å². The van der Waals surface area contributed by atoms with E-state index in [0.29, 0.717) is 22.3 Å². The van der Waals surface area contributed by atoms with Crippen LogP contribution in [0.3, 0.4) is 0 Å². The van der Waals surface area contributed by atoms with Gasteiger partial charge in [0, 0.05) is 33.7 Å². The molecule has 3 heterocycles. The highest BCUT2D eigenvalue weighted by atomic mass is 32.1. The van der Waals surface area contributed by atoms with Gasteiger partial charge in [-0.1, -0.05) is 18.6 Å². The van der Waals surface area contributed by atoms with E-state index in [1.807, 2.05) is 31.2 Å². The second kappa shape index (κ2) is 9.69. The third kappa shape index (κ3) is 5.18. The fourth-order valence-electron chi connectivity index (χ4n) is 3.90. The smallest absolute Gasteiger partial charge is 0.258 e. The van der Waals surface area contributed by atoms with E-state index >= 15 is 0 Å². The van der Waals surface area contributed by atoms with Crippen LogP contribution >= 0.6 is 22.9 Å². The zero-order valence-corrected chi connectivity index (χ0v) is 19.4. The van der Waals surface area contributed by atoms with Gasteiger partial charge in [-0.2, -0.15) is 9.64 Å². The molecule has 0 saturated carbocycles. The lowest BCUT2D eigenvalue weighted by atomic mass is 10.1. The number of hydrogen-bond acceptors (Lipinski definition) is 7. The van der Waals surface area contributed by atoms with Crippen molar-refractivity contribution in [1.29, 1.82) is 5.26 Å². The van der Waals surface area contributed by atoms with Gasteiger partial charge in [0.15, 0.2) is 0 Å². The summed E-state index contributed by atoms with van der Waals surface area (Å²) >= 11 is 2.78. The highest BCUT2D eigenvalue weighted by Gasteiger charge is 2.20. The fraction of sp³-hybridized carbons (Fsp3) is 0.391. The number of carbonyl (C=O) groups excluding carboxylic acids is 1. The molecule has 1 unspecified atom stereocenters. The number of likely N-dealkylation sites (tertiary alicyclic amines) is 1. The van der Waals surface area contributed by atoms with Gasteiger partial charge in [0.1, 0.15) is 5.82 Å². The number of carbonyl (C=O) groups is 1. The van der Waals surface area contributed by atoms with Crippen molar-refractivity contribution in [3.05, 3.63) is 52.2 Å². The standard InChI is InChI=1S/C23H25N5OS2/c1-15(28-9-4-3-5-10-28)11-21-25-23(31-27-21)26-22(29)19-13-20(30-16(19)2)18-8-6-7-17(12-18)14-24/h6-8,12-13,15H,3-5,9-11H2,1-2H3,(H,25,26,27,29). The number of thiophene rings is 1. The first kappa shape index (κ1) is 21.6. The lowest BCUT2D eigenvalue weighted by Crippen LogP contribution is -2.38. The van der Waals surface area contributed by atoms with E-state index in [2.05, 4.69) is 32.6 Å². The monoisotopic (exact) mass is 451 g/mol. The first-order valence-corrected chi connectivity index (χ1v) is 12.1. The number of hydrogen-bond donors (Lipinski definition) is 1. The molecule has 3 aromatic rings. The van der Waals surface area contributed by atoms with E-state index in [4.69, 9.17) is 5.26 Å². The molecule has 8 heteroatoms. The maximum absolute atomic E-state index is 12.9. The minimum atomic E-state index is -0.178. The van der Waals surface area contributed by atoms with Crippen molar-refractivity contribution in [2.24, 2.45) is 0 Å². The predicted octanol–water partition coefficient (Wildman–Crippen LogP) is 5.12. The van der Waals surface area contributed by atoms with Crippen molar-refractivity contribution in [3.63, 3.8) is 0 Å². The average Bonchev–Trinajstić information content (AvgIpc) is 3.40. The maximum atomic E-state index is 12.9. The molecule has 1 aromatic carbocycles. The van der Waals surface area contributed by atoms with Gasteiger partial charge in [-0.25, -0.2) is 4.98 Å². The summed E-state index contributed by atoms with van der Waals surface area (Å²) in [6, 6.07) is 11.9. The Hall–Kier alpha value is -2.60.